The van der Waals surface area contributed by atoms with E-state index in [1.807, 2.05) is 13.0 Å². The first-order valence-corrected chi connectivity index (χ1v) is 5.94. The van der Waals surface area contributed by atoms with E-state index in [1.54, 1.807) is 12.2 Å². The zero-order valence-corrected chi connectivity index (χ0v) is 10.6. The summed E-state index contributed by atoms with van der Waals surface area (Å²) in [4.78, 5) is 24.2. The maximum Gasteiger partial charge on any atom is 0.253 e. The van der Waals surface area contributed by atoms with Crippen LogP contribution in [-0.4, -0.2) is 26.8 Å². The van der Waals surface area contributed by atoms with E-state index in [-0.39, 0.29) is 11.8 Å². The molecule has 2 rings (SSSR count). The Bertz CT molecular complexity index is 594. The molecule has 19 heavy (non-hydrogen) atoms. The van der Waals surface area contributed by atoms with Gasteiger partial charge in [-0.2, -0.15) is 15.0 Å². The average Bonchev–Trinajstić information content (AvgIpc) is 2.73. The molecule has 1 aromatic heterocycles. The minimum absolute atomic E-state index is 0.256. The Kier molecular flexibility index (Phi) is 3.73. The summed E-state index contributed by atoms with van der Waals surface area (Å²) in [5.41, 5.74) is 3.88. The SMILES string of the molecule is C=C=Cc1nn(C2CCC(=O)NC2=O)nc1/C=C\C. The van der Waals surface area contributed by atoms with Crippen LogP contribution in [0.1, 0.15) is 37.2 Å². The highest BCUT2D eigenvalue weighted by Crippen LogP contribution is 2.18. The van der Waals surface area contributed by atoms with E-state index in [0.717, 1.165) is 0 Å². The Morgan fingerprint density at radius 2 is 2.16 bits per heavy atom. The van der Waals surface area contributed by atoms with Gasteiger partial charge in [-0.05, 0) is 19.4 Å². The van der Waals surface area contributed by atoms with Crippen LogP contribution in [0.4, 0.5) is 0 Å². The molecule has 0 aromatic carbocycles. The number of carbonyl (C=O) groups is 2. The van der Waals surface area contributed by atoms with Crippen LogP contribution in [0.15, 0.2) is 18.4 Å². The first kappa shape index (κ1) is 13.0. The number of hydrogen-bond donors (Lipinski definition) is 1. The molecule has 0 spiro atoms. The fourth-order valence-electron chi connectivity index (χ4n) is 1.86. The fraction of sp³-hybridized carbons (Fsp3) is 0.308. The molecule has 1 atom stereocenters. The fourth-order valence-corrected chi connectivity index (χ4v) is 1.86. The third kappa shape index (κ3) is 2.69. The summed E-state index contributed by atoms with van der Waals surface area (Å²) in [6.45, 7) is 5.37. The van der Waals surface area contributed by atoms with Crippen LogP contribution < -0.4 is 5.32 Å². The standard InChI is InChI=1S/C13H14N4O2/c1-3-5-9-10(6-4-2)16-17(15-9)11-7-8-12(18)14-13(11)19/h4-6,11H,1,7-8H2,2H3,(H,14,18,19)/b6-4-. The molecule has 1 unspecified atom stereocenters. The predicted octanol–water partition coefficient (Wildman–Crippen LogP) is 1.09. The van der Waals surface area contributed by atoms with Crippen molar-refractivity contribution in [3.63, 3.8) is 0 Å². The number of imide groups is 1. The van der Waals surface area contributed by atoms with Gasteiger partial charge in [0.05, 0.1) is 0 Å². The first-order chi connectivity index (χ1) is 9.15. The Morgan fingerprint density at radius 1 is 1.42 bits per heavy atom. The topological polar surface area (TPSA) is 76.9 Å². The van der Waals surface area contributed by atoms with Gasteiger partial charge in [0, 0.05) is 12.5 Å². The molecular weight excluding hydrogens is 244 g/mol. The molecule has 1 aromatic rings. The molecule has 0 aliphatic carbocycles. The molecule has 2 heterocycles. The van der Waals surface area contributed by atoms with Gasteiger partial charge in [0.2, 0.25) is 5.91 Å². The average molecular weight is 258 g/mol. The summed E-state index contributed by atoms with van der Waals surface area (Å²) in [5.74, 6) is -0.624. The molecule has 1 N–H and O–H groups in total. The van der Waals surface area contributed by atoms with Crippen LogP contribution in [0.5, 0.6) is 0 Å². The van der Waals surface area contributed by atoms with Crippen molar-refractivity contribution in [3.05, 3.63) is 29.8 Å². The van der Waals surface area contributed by atoms with Crippen LogP contribution >= 0.6 is 0 Å². The number of nitrogens with zero attached hydrogens (tertiary/aromatic N) is 3. The van der Waals surface area contributed by atoms with Gasteiger partial charge in [0.1, 0.15) is 11.4 Å². The van der Waals surface area contributed by atoms with Gasteiger partial charge in [0.15, 0.2) is 6.04 Å². The molecule has 0 bridgehead atoms. The van der Waals surface area contributed by atoms with Gasteiger partial charge >= 0.3 is 0 Å². The van der Waals surface area contributed by atoms with Crippen molar-refractivity contribution in [3.8, 4) is 0 Å². The minimum atomic E-state index is -0.548. The van der Waals surface area contributed by atoms with E-state index < -0.39 is 6.04 Å². The first-order valence-electron chi connectivity index (χ1n) is 5.94. The molecule has 1 saturated heterocycles. The van der Waals surface area contributed by atoms with Crippen molar-refractivity contribution in [2.24, 2.45) is 0 Å². The molecule has 1 fully saturated rings. The molecule has 2 amide bonds. The van der Waals surface area contributed by atoms with Crippen molar-refractivity contribution < 1.29 is 9.59 Å². The van der Waals surface area contributed by atoms with E-state index in [2.05, 4.69) is 27.8 Å². The predicted molar refractivity (Wildman–Crippen MR) is 69.8 cm³/mol. The van der Waals surface area contributed by atoms with Crippen molar-refractivity contribution >= 4 is 24.0 Å². The van der Waals surface area contributed by atoms with Crippen molar-refractivity contribution in [2.75, 3.05) is 0 Å². The van der Waals surface area contributed by atoms with E-state index in [1.165, 1.54) is 4.80 Å². The molecule has 98 valence electrons. The van der Waals surface area contributed by atoms with Gasteiger partial charge in [-0.3, -0.25) is 14.9 Å². The largest absolute Gasteiger partial charge is 0.295 e. The monoisotopic (exact) mass is 258 g/mol. The number of carbonyl (C=O) groups excluding carboxylic acids is 2. The van der Waals surface area contributed by atoms with Crippen LogP contribution in [-0.2, 0) is 9.59 Å². The van der Waals surface area contributed by atoms with Crippen LogP contribution in [0.2, 0.25) is 0 Å². The second-order valence-corrected chi connectivity index (χ2v) is 4.11. The molecule has 6 heteroatoms. The van der Waals surface area contributed by atoms with E-state index >= 15 is 0 Å². The van der Waals surface area contributed by atoms with Gasteiger partial charge in [-0.15, -0.1) is 5.73 Å². The summed E-state index contributed by atoms with van der Waals surface area (Å²) in [7, 11) is 0. The zero-order chi connectivity index (χ0) is 13.8. The van der Waals surface area contributed by atoms with E-state index in [0.29, 0.717) is 24.2 Å². The van der Waals surface area contributed by atoms with Crippen molar-refractivity contribution in [2.45, 2.75) is 25.8 Å². The number of nitrogens with one attached hydrogen (secondary N) is 1. The lowest BCUT2D eigenvalue weighted by Gasteiger charge is -2.19. The van der Waals surface area contributed by atoms with Crippen molar-refractivity contribution in [1.29, 1.82) is 0 Å². The number of allylic oxidation sites excluding steroid dienone is 1. The molecule has 1 aliphatic rings. The van der Waals surface area contributed by atoms with Gasteiger partial charge in [0.25, 0.3) is 5.91 Å². The summed E-state index contributed by atoms with van der Waals surface area (Å²) < 4.78 is 0. The van der Waals surface area contributed by atoms with Gasteiger partial charge in [-0.1, -0.05) is 12.7 Å². The molecule has 0 saturated carbocycles. The smallest absolute Gasteiger partial charge is 0.253 e. The lowest BCUT2D eigenvalue weighted by molar-refractivity contribution is -0.136. The van der Waals surface area contributed by atoms with Crippen LogP contribution in [0.25, 0.3) is 12.2 Å². The zero-order valence-electron chi connectivity index (χ0n) is 10.6. The highest BCUT2D eigenvalue weighted by atomic mass is 16.2. The number of amides is 2. The maximum atomic E-state index is 11.8. The number of aromatic nitrogens is 3. The Labute approximate surface area is 110 Å². The van der Waals surface area contributed by atoms with Gasteiger partial charge in [-0.25, -0.2) is 0 Å². The third-order valence-corrected chi connectivity index (χ3v) is 2.74. The minimum Gasteiger partial charge on any atom is -0.295 e. The normalized spacial score (nSPS) is 19.3. The summed E-state index contributed by atoms with van der Waals surface area (Å²) >= 11 is 0. The molecular formula is C13H14N4O2. The Balaban J connectivity index is 2.35. The third-order valence-electron chi connectivity index (χ3n) is 2.74. The lowest BCUT2D eigenvalue weighted by atomic mass is 10.1. The molecule has 1 aliphatic heterocycles. The van der Waals surface area contributed by atoms with Crippen LogP contribution in [0, 0.1) is 0 Å². The lowest BCUT2D eigenvalue weighted by Crippen LogP contribution is -2.42. The van der Waals surface area contributed by atoms with E-state index in [9.17, 15) is 9.59 Å². The molecule has 0 radical (unpaired) electrons. The Hall–Kier alpha value is -2.46. The van der Waals surface area contributed by atoms with E-state index in [4.69, 9.17) is 0 Å². The molecule has 6 nitrogen and oxygen atoms in total. The highest BCUT2D eigenvalue weighted by Gasteiger charge is 2.30. The van der Waals surface area contributed by atoms with Crippen LogP contribution in [0.3, 0.4) is 0 Å². The Morgan fingerprint density at radius 3 is 2.79 bits per heavy atom. The van der Waals surface area contributed by atoms with Gasteiger partial charge < -0.3 is 0 Å². The second-order valence-electron chi connectivity index (χ2n) is 4.11. The maximum absolute atomic E-state index is 11.8. The summed E-state index contributed by atoms with van der Waals surface area (Å²) in [5, 5.41) is 10.8. The highest BCUT2D eigenvalue weighted by molar-refractivity contribution is 5.99. The van der Waals surface area contributed by atoms with Crippen molar-refractivity contribution in [1.82, 2.24) is 20.3 Å². The summed E-state index contributed by atoms with van der Waals surface area (Å²) in [6, 6.07) is -0.548. The number of piperidine rings is 1. The quantitative estimate of drug-likeness (QED) is 0.650. The second kappa shape index (κ2) is 5.46. The number of rotatable bonds is 3. The summed E-state index contributed by atoms with van der Waals surface area (Å²) in [6.07, 6.45) is 5.93. The number of hydrogen-bond acceptors (Lipinski definition) is 4.